The molecule has 6 nitrogen and oxygen atoms in total. The summed E-state index contributed by atoms with van der Waals surface area (Å²) in [6.45, 7) is 1.83. The van der Waals surface area contributed by atoms with Gasteiger partial charge in [0.2, 0.25) is 0 Å². The number of amides is 1. The third kappa shape index (κ3) is 4.45. The van der Waals surface area contributed by atoms with E-state index in [-0.39, 0.29) is 26.9 Å². The molecule has 1 atom stereocenters. The summed E-state index contributed by atoms with van der Waals surface area (Å²) in [6.07, 6.45) is 0. The van der Waals surface area contributed by atoms with Crippen LogP contribution in [-0.4, -0.2) is 31.0 Å². The highest BCUT2D eigenvalue weighted by molar-refractivity contribution is 6.52. The van der Waals surface area contributed by atoms with Crippen LogP contribution in [0.25, 0.3) is 5.76 Å². The van der Waals surface area contributed by atoms with Crippen LogP contribution in [0, 0.1) is 6.92 Å². The zero-order valence-corrected chi connectivity index (χ0v) is 21.2. The summed E-state index contributed by atoms with van der Waals surface area (Å²) in [5.74, 6) is -1.56. The molecule has 0 saturated carbocycles. The maximum atomic E-state index is 13.4. The number of ether oxygens (including phenoxy) is 2. The number of aryl methyl sites for hydroxylation is 1. The van der Waals surface area contributed by atoms with Crippen LogP contribution in [0.3, 0.4) is 0 Å². The van der Waals surface area contributed by atoms with E-state index < -0.39 is 23.5 Å². The third-order valence-electron chi connectivity index (χ3n) is 5.76. The summed E-state index contributed by atoms with van der Waals surface area (Å²) in [5, 5.41) is 12.2. The fraction of sp³-hybridized carbons (Fsp3) is 0.154. The summed E-state index contributed by atoms with van der Waals surface area (Å²) in [4.78, 5) is 28.0. The maximum absolute atomic E-state index is 13.4. The lowest BCUT2D eigenvalue weighted by atomic mass is 9.94. The van der Waals surface area contributed by atoms with E-state index in [0.29, 0.717) is 22.0 Å². The van der Waals surface area contributed by atoms with Gasteiger partial charge in [0.15, 0.2) is 0 Å². The normalized spacial score (nSPS) is 17.1. The van der Waals surface area contributed by atoms with E-state index in [2.05, 4.69) is 0 Å². The summed E-state index contributed by atoms with van der Waals surface area (Å²) in [6, 6.07) is 13.8. The Balaban J connectivity index is 2.03. The number of aliphatic hydroxyl groups is 1. The first-order valence-corrected chi connectivity index (χ1v) is 11.6. The van der Waals surface area contributed by atoms with E-state index in [1.807, 2.05) is 6.92 Å². The molecule has 0 aliphatic carbocycles. The predicted octanol–water partition coefficient (Wildman–Crippen LogP) is 6.60. The number of hydrogen-bond acceptors (Lipinski definition) is 5. The van der Waals surface area contributed by atoms with E-state index in [1.165, 1.54) is 31.3 Å². The van der Waals surface area contributed by atoms with Crippen molar-refractivity contribution >= 4 is 57.9 Å². The Morgan fingerprint density at radius 2 is 1.69 bits per heavy atom. The van der Waals surface area contributed by atoms with Gasteiger partial charge >= 0.3 is 0 Å². The number of hydrogen-bond donors (Lipinski definition) is 1. The van der Waals surface area contributed by atoms with Crippen molar-refractivity contribution in [3.63, 3.8) is 0 Å². The summed E-state index contributed by atoms with van der Waals surface area (Å²) < 4.78 is 10.7. The van der Waals surface area contributed by atoms with E-state index in [1.54, 1.807) is 42.5 Å². The first kappa shape index (κ1) is 24.9. The summed E-state index contributed by atoms with van der Waals surface area (Å²) in [5.41, 5.74) is 1.66. The molecule has 180 valence electrons. The number of rotatable bonds is 5. The van der Waals surface area contributed by atoms with Crippen molar-refractivity contribution in [3.05, 3.63) is 91.9 Å². The molecule has 0 spiro atoms. The van der Waals surface area contributed by atoms with Gasteiger partial charge in [0.1, 0.15) is 17.3 Å². The number of carbonyl (C=O) groups is 2. The van der Waals surface area contributed by atoms with Gasteiger partial charge in [-0.3, -0.25) is 14.5 Å². The van der Waals surface area contributed by atoms with E-state index in [9.17, 15) is 14.7 Å². The molecule has 35 heavy (non-hydrogen) atoms. The van der Waals surface area contributed by atoms with Gasteiger partial charge in [0.25, 0.3) is 11.7 Å². The SMILES string of the molecule is COc1cccc(C2/C(=C(\O)c3cc(Cl)cc(Cl)c3OC)C(=O)C(=O)N2c2ccc(C)c(Cl)c2)c1. The van der Waals surface area contributed by atoms with Gasteiger partial charge in [0, 0.05) is 15.7 Å². The molecule has 9 heteroatoms. The van der Waals surface area contributed by atoms with Crippen LogP contribution in [0.5, 0.6) is 11.5 Å². The van der Waals surface area contributed by atoms with Crippen molar-refractivity contribution in [2.24, 2.45) is 0 Å². The number of halogens is 3. The van der Waals surface area contributed by atoms with Gasteiger partial charge in [-0.15, -0.1) is 0 Å². The second-order valence-corrected chi connectivity index (χ2v) is 9.10. The Hall–Kier alpha value is -3.19. The van der Waals surface area contributed by atoms with Crippen molar-refractivity contribution in [2.75, 3.05) is 19.1 Å². The molecule has 1 heterocycles. The second-order valence-electron chi connectivity index (χ2n) is 7.85. The minimum Gasteiger partial charge on any atom is -0.507 e. The van der Waals surface area contributed by atoms with Crippen LogP contribution in [0.2, 0.25) is 15.1 Å². The molecule has 0 aromatic heterocycles. The van der Waals surface area contributed by atoms with Crippen LogP contribution in [0.15, 0.2) is 60.2 Å². The number of nitrogens with zero attached hydrogens (tertiary/aromatic N) is 1. The van der Waals surface area contributed by atoms with Crippen LogP contribution in [0.4, 0.5) is 5.69 Å². The summed E-state index contributed by atoms with van der Waals surface area (Å²) in [7, 11) is 2.88. The van der Waals surface area contributed by atoms with Crippen molar-refractivity contribution in [2.45, 2.75) is 13.0 Å². The first-order valence-electron chi connectivity index (χ1n) is 10.4. The zero-order chi connectivity index (χ0) is 25.4. The smallest absolute Gasteiger partial charge is 0.300 e. The van der Waals surface area contributed by atoms with Gasteiger partial charge in [-0.05, 0) is 54.4 Å². The quantitative estimate of drug-likeness (QED) is 0.228. The molecule has 0 bridgehead atoms. The Kier molecular flexibility index (Phi) is 6.99. The highest BCUT2D eigenvalue weighted by Gasteiger charge is 2.47. The minimum absolute atomic E-state index is 0.0813. The molecule has 4 rings (SSSR count). The van der Waals surface area contributed by atoms with Gasteiger partial charge in [-0.25, -0.2) is 0 Å². The largest absolute Gasteiger partial charge is 0.507 e. The molecule has 3 aromatic carbocycles. The van der Waals surface area contributed by atoms with Gasteiger partial charge < -0.3 is 14.6 Å². The highest BCUT2D eigenvalue weighted by Crippen LogP contribution is 2.45. The molecule has 1 unspecified atom stereocenters. The van der Waals surface area contributed by atoms with E-state index in [0.717, 1.165) is 5.56 Å². The fourth-order valence-electron chi connectivity index (χ4n) is 4.05. The molecule has 1 aliphatic rings. The molecule has 1 fully saturated rings. The van der Waals surface area contributed by atoms with Crippen LogP contribution < -0.4 is 14.4 Å². The topological polar surface area (TPSA) is 76.1 Å². The molecule has 1 amide bonds. The monoisotopic (exact) mass is 531 g/mol. The van der Waals surface area contributed by atoms with Crippen LogP contribution >= 0.6 is 34.8 Å². The third-order valence-corrected chi connectivity index (χ3v) is 6.66. The number of carbonyl (C=O) groups excluding carboxylic acids is 2. The first-order chi connectivity index (χ1) is 16.7. The molecule has 1 saturated heterocycles. The van der Waals surface area contributed by atoms with Crippen LogP contribution in [-0.2, 0) is 9.59 Å². The zero-order valence-electron chi connectivity index (χ0n) is 18.9. The van der Waals surface area contributed by atoms with Crippen molar-refractivity contribution in [3.8, 4) is 11.5 Å². The number of ketones is 1. The standard InChI is InChI=1S/C26H20Cl3NO5/c1-13-7-8-16(12-19(13)28)30-22(14-5-4-6-17(9-14)34-2)21(24(32)26(30)33)23(31)18-10-15(27)11-20(29)25(18)35-3/h4-12,22,31H,1-3H3/b23-21+. The molecular formula is C26H20Cl3NO5. The molecule has 0 radical (unpaired) electrons. The minimum atomic E-state index is -0.994. The average Bonchev–Trinajstić information content (AvgIpc) is 3.10. The molecule has 1 N–H and O–H groups in total. The van der Waals surface area contributed by atoms with E-state index in [4.69, 9.17) is 44.3 Å². The maximum Gasteiger partial charge on any atom is 0.300 e. The fourth-order valence-corrected chi connectivity index (χ4v) is 4.79. The van der Waals surface area contributed by atoms with Gasteiger partial charge in [-0.1, -0.05) is 53.0 Å². The Bertz CT molecular complexity index is 1390. The number of methoxy groups -OCH3 is 2. The second kappa shape index (κ2) is 9.82. The number of benzene rings is 3. The number of Topliss-reactive ketones (excluding diaryl/α,β-unsaturated/α-hetero) is 1. The number of aliphatic hydroxyl groups excluding tert-OH is 1. The Morgan fingerprint density at radius 1 is 0.943 bits per heavy atom. The number of anilines is 1. The summed E-state index contributed by atoms with van der Waals surface area (Å²) >= 11 is 18.8. The predicted molar refractivity (Wildman–Crippen MR) is 137 cm³/mol. The van der Waals surface area contributed by atoms with Crippen molar-refractivity contribution in [1.29, 1.82) is 0 Å². The lowest BCUT2D eigenvalue weighted by Gasteiger charge is -2.26. The van der Waals surface area contributed by atoms with Gasteiger partial charge in [-0.2, -0.15) is 0 Å². The Morgan fingerprint density at radius 3 is 2.34 bits per heavy atom. The average molecular weight is 533 g/mol. The lowest BCUT2D eigenvalue weighted by Crippen LogP contribution is -2.29. The highest BCUT2D eigenvalue weighted by atomic mass is 35.5. The van der Waals surface area contributed by atoms with Crippen molar-refractivity contribution in [1.82, 2.24) is 0 Å². The van der Waals surface area contributed by atoms with Crippen molar-refractivity contribution < 1.29 is 24.2 Å². The lowest BCUT2D eigenvalue weighted by molar-refractivity contribution is -0.132. The van der Waals surface area contributed by atoms with Gasteiger partial charge in [0.05, 0.1) is 36.4 Å². The van der Waals surface area contributed by atoms with E-state index >= 15 is 0 Å². The molecule has 1 aliphatic heterocycles. The Labute approximate surface area is 217 Å². The molecule has 3 aromatic rings. The molecular weight excluding hydrogens is 513 g/mol. The van der Waals surface area contributed by atoms with Crippen LogP contribution in [0.1, 0.15) is 22.7 Å².